The number of carbonyl (C=O) groups excluding carboxylic acids is 2. The molecular formula is C21H28N4O7S. The molecular weight excluding hydrogens is 452 g/mol. The Balaban J connectivity index is 0.000000801. The zero-order valence-electron chi connectivity index (χ0n) is 18.6. The van der Waals surface area contributed by atoms with Gasteiger partial charge in [0.25, 0.3) is 5.91 Å². The van der Waals surface area contributed by atoms with Crippen molar-refractivity contribution in [2.75, 3.05) is 38.8 Å². The van der Waals surface area contributed by atoms with E-state index in [4.69, 9.17) is 24.2 Å². The number of carbonyl (C=O) groups is 4. The number of hydrogen-bond donors (Lipinski definition) is 5. The molecule has 0 bridgehead atoms. The van der Waals surface area contributed by atoms with Crippen molar-refractivity contribution in [3.8, 4) is 0 Å². The standard InChI is InChI=1S/C19H26N4O3S.C2H2O4/c1-20-19(25)22-15-6-4-5-14(11-15)18(24)21-9-10-27-13-17-8-7-16(26-17)12-23(2)3;3-1(4)2(5)6/h4-8,11H,9-10,12-13H2,1-3H3,(H,21,24)(H2,20,22,25);(H,3,4)(H,5,6). The number of carboxylic acid groups (broad SMARTS) is 2. The van der Waals surface area contributed by atoms with Crippen LogP contribution in [0.3, 0.4) is 0 Å². The second kappa shape index (κ2) is 14.5. The van der Waals surface area contributed by atoms with Gasteiger partial charge < -0.3 is 35.5 Å². The Bertz CT molecular complexity index is 934. The van der Waals surface area contributed by atoms with Crippen LogP contribution in [0, 0.1) is 0 Å². The van der Waals surface area contributed by atoms with Gasteiger partial charge in [-0.25, -0.2) is 14.4 Å². The first kappa shape index (κ1) is 27.5. The molecule has 1 heterocycles. The van der Waals surface area contributed by atoms with Crippen LogP contribution in [0.5, 0.6) is 0 Å². The van der Waals surface area contributed by atoms with Crippen LogP contribution >= 0.6 is 11.8 Å². The molecule has 0 aliphatic rings. The molecule has 180 valence electrons. The first-order chi connectivity index (χ1) is 15.6. The minimum atomic E-state index is -1.82. The molecule has 0 saturated carbocycles. The van der Waals surface area contributed by atoms with Crippen molar-refractivity contribution in [3.63, 3.8) is 0 Å². The van der Waals surface area contributed by atoms with Crippen molar-refractivity contribution in [1.29, 1.82) is 0 Å². The zero-order chi connectivity index (χ0) is 24.8. The van der Waals surface area contributed by atoms with Gasteiger partial charge in [-0.2, -0.15) is 11.8 Å². The fourth-order valence-electron chi connectivity index (χ4n) is 2.34. The van der Waals surface area contributed by atoms with E-state index in [2.05, 4.69) is 20.9 Å². The maximum atomic E-state index is 12.2. The lowest BCUT2D eigenvalue weighted by Crippen LogP contribution is -2.27. The van der Waals surface area contributed by atoms with Crippen molar-refractivity contribution in [2.45, 2.75) is 12.3 Å². The van der Waals surface area contributed by atoms with Crippen LogP contribution in [0.1, 0.15) is 21.9 Å². The number of thioether (sulfide) groups is 1. The third-order valence-electron chi connectivity index (χ3n) is 3.76. The van der Waals surface area contributed by atoms with E-state index in [0.29, 0.717) is 17.8 Å². The molecule has 2 rings (SSSR count). The Hall–Kier alpha value is -3.51. The van der Waals surface area contributed by atoms with Gasteiger partial charge >= 0.3 is 18.0 Å². The first-order valence-electron chi connectivity index (χ1n) is 9.75. The SMILES string of the molecule is CNC(=O)Nc1cccc(C(=O)NCCSCc2ccc(CN(C)C)o2)c1.O=C(O)C(=O)O. The summed E-state index contributed by atoms with van der Waals surface area (Å²) >= 11 is 1.70. The summed E-state index contributed by atoms with van der Waals surface area (Å²) in [7, 11) is 5.54. The molecule has 0 unspecified atom stereocenters. The van der Waals surface area contributed by atoms with Crippen molar-refractivity contribution < 1.29 is 33.8 Å². The lowest BCUT2D eigenvalue weighted by molar-refractivity contribution is -0.159. The van der Waals surface area contributed by atoms with Crippen LogP contribution in [0.25, 0.3) is 0 Å². The Morgan fingerprint density at radius 1 is 1.03 bits per heavy atom. The number of benzene rings is 1. The Kier molecular flexibility index (Phi) is 12.1. The molecule has 2 aromatic rings. The van der Waals surface area contributed by atoms with E-state index in [1.807, 2.05) is 26.2 Å². The molecule has 3 amide bonds. The minimum Gasteiger partial charge on any atom is -0.473 e. The lowest BCUT2D eigenvalue weighted by Gasteiger charge is -2.08. The monoisotopic (exact) mass is 480 g/mol. The van der Waals surface area contributed by atoms with E-state index in [1.54, 1.807) is 36.0 Å². The van der Waals surface area contributed by atoms with Gasteiger partial charge in [0.2, 0.25) is 0 Å². The van der Waals surface area contributed by atoms with Gasteiger partial charge in [0.15, 0.2) is 0 Å². The van der Waals surface area contributed by atoms with Gasteiger partial charge in [-0.15, -0.1) is 0 Å². The molecule has 5 N–H and O–H groups in total. The van der Waals surface area contributed by atoms with Gasteiger partial charge in [0.1, 0.15) is 11.5 Å². The number of nitrogens with one attached hydrogen (secondary N) is 3. The molecule has 33 heavy (non-hydrogen) atoms. The van der Waals surface area contributed by atoms with Crippen LogP contribution in [-0.4, -0.2) is 72.4 Å². The minimum absolute atomic E-state index is 0.164. The molecule has 0 aliphatic heterocycles. The molecule has 0 atom stereocenters. The number of furan rings is 1. The highest BCUT2D eigenvalue weighted by Gasteiger charge is 2.08. The molecule has 0 radical (unpaired) electrons. The van der Waals surface area contributed by atoms with Crippen LogP contribution < -0.4 is 16.0 Å². The first-order valence-corrected chi connectivity index (χ1v) is 10.9. The number of nitrogens with zero attached hydrogens (tertiary/aromatic N) is 1. The molecule has 0 spiro atoms. The number of hydrogen-bond acceptors (Lipinski definition) is 7. The number of carboxylic acids is 2. The predicted octanol–water partition coefficient (Wildman–Crippen LogP) is 1.91. The maximum Gasteiger partial charge on any atom is 0.414 e. The highest BCUT2D eigenvalue weighted by Crippen LogP contribution is 2.16. The van der Waals surface area contributed by atoms with Crippen molar-refractivity contribution in [3.05, 3.63) is 53.5 Å². The molecule has 0 saturated heterocycles. The Labute approximate surface area is 195 Å². The van der Waals surface area contributed by atoms with Gasteiger partial charge in [-0.3, -0.25) is 4.79 Å². The Morgan fingerprint density at radius 2 is 1.70 bits per heavy atom. The lowest BCUT2D eigenvalue weighted by atomic mass is 10.2. The van der Waals surface area contributed by atoms with Crippen LogP contribution in [-0.2, 0) is 21.9 Å². The molecule has 11 nitrogen and oxygen atoms in total. The molecule has 0 aliphatic carbocycles. The normalized spacial score (nSPS) is 10.1. The highest BCUT2D eigenvalue weighted by molar-refractivity contribution is 7.98. The van der Waals surface area contributed by atoms with E-state index in [9.17, 15) is 9.59 Å². The number of aliphatic carboxylic acids is 2. The summed E-state index contributed by atoms with van der Waals surface area (Å²) in [5.41, 5.74) is 1.08. The quantitative estimate of drug-likeness (QED) is 0.267. The fourth-order valence-corrected chi connectivity index (χ4v) is 3.09. The number of rotatable bonds is 9. The average Bonchev–Trinajstić information content (AvgIpc) is 3.20. The number of urea groups is 1. The van der Waals surface area contributed by atoms with Gasteiger partial charge in [0, 0.05) is 30.6 Å². The van der Waals surface area contributed by atoms with E-state index >= 15 is 0 Å². The summed E-state index contributed by atoms with van der Waals surface area (Å²) < 4.78 is 5.76. The second-order valence-corrected chi connectivity index (χ2v) is 7.91. The third kappa shape index (κ3) is 11.6. The molecule has 12 heteroatoms. The molecule has 1 aromatic heterocycles. The predicted molar refractivity (Wildman–Crippen MR) is 124 cm³/mol. The molecule has 1 aromatic carbocycles. The summed E-state index contributed by atoms with van der Waals surface area (Å²) in [6, 6.07) is 10.5. The van der Waals surface area contributed by atoms with E-state index in [1.165, 1.54) is 7.05 Å². The van der Waals surface area contributed by atoms with E-state index < -0.39 is 11.9 Å². The van der Waals surface area contributed by atoms with Crippen LogP contribution in [0.4, 0.5) is 10.5 Å². The summed E-state index contributed by atoms with van der Waals surface area (Å²) in [5.74, 6) is -0.363. The van der Waals surface area contributed by atoms with E-state index in [-0.39, 0.29) is 11.9 Å². The zero-order valence-corrected chi connectivity index (χ0v) is 19.4. The summed E-state index contributed by atoms with van der Waals surface area (Å²) in [5, 5.41) is 22.8. The Morgan fingerprint density at radius 3 is 2.30 bits per heavy atom. The maximum absolute atomic E-state index is 12.2. The summed E-state index contributed by atoms with van der Waals surface area (Å²) in [4.78, 5) is 43.8. The fraction of sp³-hybridized carbons (Fsp3) is 0.333. The summed E-state index contributed by atoms with van der Waals surface area (Å²) in [6.45, 7) is 1.34. The van der Waals surface area contributed by atoms with Crippen molar-refractivity contribution >= 4 is 41.3 Å². The van der Waals surface area contributed by atoms with Gasteiger partial charge in [0.05, 0.1) is 12.3 Å². The number of anilines is 1. The largest absolute Gasteiger partial charge is 0.473 e. The third-order valence-corrected chi connectivity index (χ3v) is 4.74. The number of amides is 3. The van der Waals surface area contributed by atoms with Crippen LogP contribution in [0.15, 0.2) is 40.8 Å². The average molecular weight is 481 g/mol. The highest BCUT2D eigenvalue weighted by atomic mass is 32.2. The van der Waals surface area contributed by atoms with E-state index in [0.717, 1.165) is 29.6 Å². The van der Waals surface area contributed by atoms with Crippen LogP contribution in [0.2, 0.25) is 0 Å². The topological polar surface area (TPSA) is 161 Å². The van der Waals surface area contributed by atoms with Gasteiger partial charge in [-0.1, -0.05) is 6.07 Å². The smallest absolute Gasteiger partial charge is 0.414 e. The second-order valence-electron chi connectivity index (χ2n) is 6.81. The van der Waals surface area contributed by atoms with Crippen molar-refractivity contribution in [1.82, 2.24) is 15.5 Å². The molecule has 0 fully saturated rings. The summed E-state index contributed by atoms with van der Waals surface area (Å²) in [6.07, 6.45) is 0. The van der Waals surface area contributed by atoms with Crippen molar-refractivity contribution in [2.24, 2.45) is 0 Å². The van der Waals surface area contributed by atoms with Gasteiger partial charge in [-0.05, 0) is 44.4 Å².